The van der Waals surface area contributed by atoms with Crippen LogP contribution in [0.2, 0.25) is 0 Å². The highest BCUT2D eigenvalue weighted by Gasteiger charge is 2.47. The summed E-state index contributed by atoms with van der Waals surface area (Å²) >= 11 is 0. The van der Waals surface area contributed by atoms with E-state index in [2.05, 4.69) is 33.0 Å². The Bertz CT molecular complexity index is 588. The lowest BCUT2D eigenvalue weighted by molar-refractivity contribution is 0.297. The second kappa shape index (κ2) is 5.73. The zero-order valence-corrected chi connectivity index (χ0v) is 14.5. The molecule has 0 spiro atoms. The van der Waals surface area contributed by atoms with Gasteiger partial charge in [0.2, 0.25) is 0 Å². The fourth-order valence-corrected chi connectivity index (χ4v) is 5.62. The number of rotatable bonds is 4. The predicted molar refractivity (Wildman–Crippen MR) is 87.4 cm³/mol. The van der Waals surface area contributed by atoms with Gasteiger partial charge in [-0.1, -0.05) is 39.8 Å². The molecule has 0 aliphatic heterocycles. The molecule has 0 amide bonds. The van der Waals surface area contributed by atoms with Crippen LogP contribution in [0.4, 0.5) is 0 Å². The molecule has 1 N–H and O–H groups in total. The minimum Gasteiger partial charge on any atom is -0.315 e. The Morgan fingerprint density at radius 2 is 1.76 bits per heavy atom. The first-order valence-electron chi connectivity index (χ1n) is 7.71. The number of sulfone groups is 1. The van der Waals surface area contributed by atoms with E-state index in [9.17, 15) is 8.42 Å². The number of nitrogens with one attached hydrogen (secondary N) is 1. The maximum absolute atomic E-state index is 12.9. The summed E-state index contributed by atoms with van der Waals surface area (Å²) in [4.78, 5) is 0.454. The van der Waals surface area contributed by atoms with Crippen LogP contribution in [0.25, 0.3) is 0 Å². The summed E-state index contributed by atoms with van der Waals surface area (Å²) in [6, 6.07) is 7.41. The molecule has 0 heterocycles. The van der Waals surface area contributed by atoms with Gasteiger partial charge >= 0.3 is 0 Å². The van der Waals surface area contributed by atoms with Crippen LogP contribution in [0.1, 0.15) is 52.0 Å². The first-order valence-corrected chi connectivity index (χ1v) is 9.26. The molecule has 3 nitrogen and oxygen atoms in total. The molecule has 0 bridgehead atoms. The smallest absolute Gasteiger partial charge is 0.182 e. The number of benzene rings is 1. The molecule has 2 unspecified atom stereocenters. The van der Waals surface area contributed by atoms with Crippen LogP contribution in [0.3, 0.4) is 0 Å². The topological polar surface area (TPSA) is 46.2 Å². The highest BCUT2D eigenvalue weighted by molar-refractivity contribution is 7.92. The molecule has 21 heavy (non-hydrogen) atoms. The summed E-state index contributed by atoms with van der Waals surface area (Å²) in [5.41, 5.74) is 1.19. The summed E-state index contributed by atoms with van der Waals surface area (Å²) in [6.07, 6.45) is 1.67. The van der Waals surface area contributed by atoms with Gasteiger partial charge in [0.1, 0.15) is 0 Å². The molecule has 1 aliphatic carbocycles. The molecule has 1 saturated carbocycles. The van der Waals surface area contributed by atoms with Crippen molar-refractivity contribution in [3.63, 3.8) is 0 Å². The van der Waals surface area contributed by atoms with Gasteiger partial charge in [-0.2, -0.15) is 0 Å². The minimum absolute atomic E-state index is 0.00674. The van der Waals surface area contributed by atoms with Crippen molar-refractivity contribution in [3.8, 4) is 0 Å². The summed E-state index contributed by atoms with van der Waals surface area (Å²) in [5.74, 6) is 0.414. The summed E-state index contributed by atoms with van der Waals surface area (Å²) < 4.78 is 25.9. The highest BCUT2D eigenvalue weighted by Crippen LogP contribution is 2.42. The van der Waals surface area contributed by atoms with E-state index >= 15 is 0 Å². The van der Waals surface area contributed by atoms with E-state index in [0.29, 0.717) is 10.8 Å². The van der Waals surface area contributed by atoms with Crippen LogP contribution in [0.5, 0.6) is 0 Å². The number of hydrogen-bond donors (Lipinski definition) is 1. The van der Waals surface area contributed by atoms with E-state index in [1.54, 1.807) is 12.1 Å². The first-order chi connectivity index (χ1) is 9.70. The van der Waals surface area contributed by atoms with Gasteiger partial charge in [-0.3, -0.25) is 0 Å². The van der Waals surface area contributed by atoms with Gasteiger partial charge < -0.3 is 5.32 Å². The standard InChI is InChI=1S/C17H27NO2S/c1-12(2)13-6-8-14(9-7-13)21(19,20)15-10-11-17(3,4)16(15)18-5/h6-9,12,15-16,18H,10-11H2,1-5H3. The molecule has 1 aromatic rings. The second-order valence-electron chi connectivity index (χ2n) is 7.10. The average molecular weight is 309 g/mol. The van der Waals surface area contributed by atoms with Crippen LogP contribution in [0, 0.1) is 5.41 Å². The van der Waals surface area contributed by atoms with Gasteiger partial charge in [0.25, 0.3) is 0 Å². The van der Waals surface area contributed by atoms with E-state index in [1.165, 1.54) is 5.56 Å². The third-order valence-electron chi connectivity index (χ3n) is 4.87. The Balaban J connectivity index is 2.34. The van der Waals surface area contributed by atoms with Crippen LogP contribution < -0.4 is 5.32 Å². The molecule has 1 aliphatic rings. The van der Waals surface area contributed by atoms with Crippen molar-refractivity contribution >= 4 is 9.84 Å². The van der Waals surface area contributed by atoms with E-state index in [4.69, 9.17) is 0 Å². The van der Waals surface area contributed by atoms with Gasteiger partial charge in [0.15, 0.2) is 9.84 Å². The molecule has 0 aromatic heterocycles. The summed E-state index contributed by atoms with van der Waals surface area (Å²) in [5, 5.41) is 2.90. The maximum atomic E-state index is 12.9. The largest absolute Gasteiger partial charge is 0.315 e. The molecule has 2 rings (SSSR count). The van der Waals surface area contributed by atoms with Crippen LogP contribution in [-0.4, -0.2) is 26.8 Å². The molecule has 0 radical (unpaired) electrons. The molecular formula is C17H27NO2S. The zero-order valence-electron chi connectivity index (χ0n) is 13.7. The first kappa shape index (κ1) is 16.5. The lowest BCUT2D eigenvalue weighted by Gasteiger charge is -2.30. The average Bonchev–Trinajstić information content (AvgIpc) is 2.74. The summed E-state index contributed by atoms with van der Waals surface area (Å²) in [7, 11) is -1.41. The normalized spacial score (nSPS) is 25.4. The maximum Gasteiger partial charge on any atom is 0.182 e. The fourth-order valence-electron chi connectivity index (χ4n) is 3.47. The van der Waals surface area contributed by atoms with Crippen molar-refractivity contribution in [2.45, 2.75) is 62.6 Å². The van der Waals surface area contributed by atoms with Crippen molar-refractivity contribution in [1.29, 1.82) is 0 Å². The SMILES string of the molecule is CNC1C(S(=O)(=O)c2ccc(C(C)C)cc2)CCC1(C)C. The quantitative estimate of drug-likeness (QED) is 0.927. The monoisotopic (exact) mass is 309 g/mol. The van der Waals surface area contributed by atoms with E-state index in [0.717, 1.165) is 12.8 Å². The second-order valence-corrected chi connectivity index (χ2v) is 9.27. The van der Waals surface area contributed by atoms with Gasteiger partial charge in [-0.05, 0) is 48.9 Å². The third-order valence-corrected chi connectivity index (χ3v) is 7.11. The van der Waals surface area contributed by atoms with Crippen molar-refractivity contribution in [2.75, 3.05) is 7.05 Å². The van der Waals surface area contributed by atoms with Gasteiger partial charge in [-0.15, -0.1) is 0 Å². The van der Waals surface area contributed by atoms with Crippen molar-refractivity contribution in [1.82, 2.24) is 5.32 Å². The van der Waals surface area contributed by atoms with E-state index in [1.807, 2.05) is 19.2 Å². The number of hydrogen-bond acceptors (Lipinski definition) is 3. The lowest BCUT2D eigenvalue weighted by Crippen LogP contribution is -2.45. The Kier molecular flexibility index (Phi) is 4.50. The molecule has 1 aromatic carbocycles. The van der Waals surface area contributed by atoms with E-state index < -0.39 is 9.84 Å². The Labute approximate surface area is 129 Å². The van der Waals surface area contributed by atoms with Crippen LogP contribution in [0.15, 0.2) is 29.2 Å². The molecule has 1 fully saturated rings. The predicted octanol–water partition coefficient (Wildman–Crippen LogP) is 3.36. The molecule has 2 atom stereocenters. The lowest BCUT2D eigenvalue weighted by atomic mass is 9.87. The Morgan fingerprint density at radius 3 is 2.24 bits per heavy atom. The molecular weight excluding hydrogens is 282 g/mol. The summed E-state index contributed by atoms with van der Waals surface area (Å²) in [6.45, 7) is 8.51. The van der Waals surface area contributed by atoms with Crippen molar-refractivity contribution < 1.29 is 8.42 Å². The Morgan fingerprint density at radius 1 is 1.19 bits per heavy atom. The van der Waals surface area contributed by atoms with Crippen molar-refractivity contribution in [2.24, 2.45) is 5.41 Å². The zero-order chi connectivity index (χ0) is 15.8. The third kappa shape index (κ3) is 3.02. The Hall–Kier alpha value is -0.870. The molecule has 0 saturated heterocycles. The van der Waals surface area contributed by atoms with Crippen LogP contribution >= 0.6 is 0 Å². The highest BCUT2D eigenvalue weighted by atomic mass is 32.2. The van der Waals surface area contributed by atoms with Gasteiger partial charge in [0, 0.05) is 6.04 Å². The molecule has 4 heteroatoms. The fraction of sp³-hybridized carbons (Fsp3) is 0.647. The van der Waals surface area contributed by atoms with Crippen molar-refractivity contribution in [3.05, 3.63) is 29.8 Å². The van der Waals surface area contributed by atoms with Gasteiger partial charge in [0.05, 0.1) is 10.1 Å². The van der Waals surface area contributed by atoms with E-state index in [-0.39, 0.29) is 16.7 Å². The van der Waals surface area contributed by atoms with Gasteiger partial charge in [-0.25, -0.2) is 8.42 Å². The molecule has 118 valence electrons. The minimum atomic E-state index is -3.28. The van der Waals surface area contributed by atoms with Crippen LogP contribution in [-0.2, 0) is 9.84 Å².